The number of benzene rings is 2. The van der Waals surface area contributed by atoms with E-state index in [0.717, 1.165) is 22.1 Å². The number of methoxy groups -OCH3 is 1. The van der Waals surface area contributed by atoms with Gasteiger partial charge in [-0.05, 0) is 23.9 Å². The van der Waals surface area contributed by atoms with Crippen molar-refractivity contribution >= 4 is 32.0 Å². The average molecular weight is 330 g/mol. The molecule has 6 heteroatoms. The number of ether oxygens (including phenoxy) is 1. The van der Waals surface area contributed by atoms with Crippen molar-refractivity contribution in [3.63, 3.8) is 0 Å². The molecule has 1 amide bonds. The summed E-state index contributed by atoms with van der Waals surface area (Å²) in [6.07, 6.45) is -0.519. The Morgan fingerprint density at radius 3 is 2.57 bits per heavy atom. The molecule has 0 aromatic heterocycles. The zero-order valence-electron chi connectivity index (χ0n) is 13.1. The number of hydrogen-bond donors (Lipinski definition) is 1. The van der Waals surface area contributed by atoms with Gasteiger partial charge in [0.15, 0.2) is 0 Å². The number of anilines is 1. The number of rotatable bonds is 5. The Morgan fingerprint density at radius 1 is 1.17 bits per heavy atom. The molecule has 0 saturated heterocycles. The zero-order valence-corrected chi connectivity index (χ0v) is 14.2. The number of carbonyl (C=O) groups excluding carboxylic acids is 1. The monoisotopic (exact) mass is 330 g/mol. The minimum absolute atomic E-state index is 0.249. The van der Waals surface area contributed by atoms with Crippen LogP contribution in [0.15, 0.2) is 53.7 Å². The quantitative estimate of drug-likeness (QED) is 0.520. The van der Waals surface area contributed by atoms with E-state index in [2.05, 4.69) is 24.4 Å². The summed E-state index contributed by atoms with van der Waals surface area (Å²) in [4.78, 5) is 16.7. The molecule has 5 nitrogen and oxygen atoms in total. The van der Waals surface area contributed by atoms with Crippen LogP contribution in [-0.4, -0.2) is 18.9 Å². The first kappa shape index (κ1) is 17.0. The lowest BCUT2D eigenvalue weighted by molar-refractivity contribution is 0.131. The highest BCUT2D eigenvalue weighted by molar-refractivity contribution is 7.27. The van der Waals surface area contributed by atoms with Crippen LogP contribution < -0.4 is 10.6 Å². The first-order valence-electron chi connectivity index (χ1n) is 7.05. The summed E-state index contributed by atoms with van der Waals surface area (Å²) < 4.78 is 4.60. The molecule has 0 aliphatic rings. The first-order valence-corrected chi connectivity index (χ1v) is 7.63. The van der Waals surface area contributed by atoms with Crippen molar-refractivity contribution in [2.45, 2.75) is 13.5 Å². The third-order valence-corrected chi connectivity index (χ3v) is 3.57. The lowest BCUT2D eigenvalue weighted by Gasteiger charge is -2.09. The molecule has 0 aliphatic heterocycles. The Balaban J connectivity index is 2.02. The lowest BCUT2D eigenvalue weighted by Crippen LogP contribution is -2.12. The van der Waals surface area contributed by atoms with E-state index in [4.69, 9.17) is 4.84 Å². The maximum absolute atomic E-state index is 11.3. The summed E-state index contributed by atoms with van der Waals surface area (Å²) in [6, 6.07) is 15.3. The minimum atomic E-state index is -0.519. The molecule has 120 valence electrons. The second kappa shape index (κ2) is 8.30. The van der Waals surface area contributed by atoms with Gasteiger partial charge in [-0.25, -0.2) is 4.79 Å². The summed E-state index contributed by atoms with van der Waals surface area (Å²) in [5, 5.41) is 7.89. The van der Waals surface area contributed by atoms with Crippen molar-refractivity contribution in [2.24, 2.45) is 5.16 Å². The Bertz CT molecular complexity index is 699. The van der Waals surface area contributed by atoms with Gasteiger partial charge in [-0.15, -0.1) is 9.24 Å². The Morgan fingerprint density at radius 2 is 1.87 bits per heavy atom. The Hall–Kier alpha value is -2.39. The summed E-state index contributed by atoms with van der Waals surface area (Å²) in [6.45, 7) is 2.13. The molecule has 0 radical (unpaired) electrons. The number of para-hydroxylation sites is 1. The van der Waals surface area contributed by atoms with Crippen LogP contribution in [0.2, 0.25) is 0 Å². The summed E-state index contributed by atoms with van der Waals surface area (Å²) in [5.41, 5.74) is 3.24. The van der Waals surface area contributed by atoms with Crippen LogP contribution >= 0.6 is 9.24 Å². The van der Waals surface area contributed by atoms with E-state index in [-0.39, 0.29) is 6.61 Å². The van der Waals surface area contributed by atoms with Crippen LogP contribution in [0.1, 0.15) is 18.1 Å². The zero-order chi connectivity index (χ0) is 16.7. The van der Waals surface area contributed by atoms with E-state index < -0.39 is 6.09 Å². The lowest BCUT2D eigenvalue weighted by atomic mass is 10.1. The molecule has 2 aromatic rings. The van der Waals surface area contributed by atoms with Crippen molar-refractivity contribution in [1.82, 2.24) is 0 Å². The van der Waals surface area contributed by atoms with Gasteiger partial charge in [0.05, 0.1) is 18.5 Å². The van der Waals surface area contributed by atoms with Crippen LogP contribution in [0.25, 0.3) is 0 Å². The number of nitrogens with one attached hydrogen (secondary N) is 1. The molecule has 0 spiro atoms. The average Bonchev–Trinajstić information content (AvgIpc) is 2.56. The third-order valence-electron chi connectivity index (χ3n) is 3.19. The van der Waals surface area contributed by atoms with E-state index in [1.807, 2.05) is 49.4 Å². The fraction of sp³-hybridized carbons (Fsp3) is 0.176. The van der Waals surface area contributed by atoms with E-state index in [1.165, 1.54) is 7.11 Å². The number of amides is 1. The maximum Gasteiger partial charge on any atom is 0.411 e. The van der Waals surface area contributed by atoms with E-state index in [1.54, 1.807) is 6.07 Å². The number of carbonyl (C=O) groups is 1. The molecule has 2 aromatic carbocycles. The number of oxime groups is 1. The molecule has 1 unspecified atom stereocenters. The number of hydrogen-bond acceptors (Lipinski definition) is 4. The van der Waals surface area contributed by atoms with Gasteiger partial charge in [0.1, 0.15) is 6.61 Å². The molecule has 0 aliphatic carbocycles. The van der Waals surface area contributed by atoms with Crippen molar-refractivity contribution in [1.29, 1.82) is 0 Å². The molecule has 1 N–H and O–H groups in total. The summed E-state index contributed by atoms with van der Waals surface area (Å²) >= 11 is 0. The van der Waals surface area contributed by atoms with Crippen molar-refractivity contribution in [2.75, 3.05) is 12.4 Å². The molecular formula is C17H19N2O3P. The smallest absolute Gasteiger partial charge is 0.411 e. The normalized spacial score (nSPS) is 11.0. The van der Waals surface area contributed by atoms with Gasteiger partial charge < -0.3 is 9.57 Å². The maximum atomic E-state index is 11.3. The molecule has 0 fully saturated rings. The molecule has 2 rings (SSSR count). The van der Waals surface area contributed by atoms with E-state index >= 15 is 0 Å². The molecule has 23 heavy (non-hydrogen) atoms. The standard InChI is InChI=1S/C17H19N2O3P/c1-12(13-7-9-15(23)10-8-13)19-22-11-14-5-3-4-6-16(14)18-17(20)21-2/h3-10H,11,23H2,1-2H3,(H,18,20)/b19-12+. The Kier molecular flexibility index (Phi) is 6.12. The van der Waals surface area contributed by atoms with Gasteiger partial charge in [-0.2, -0.15) is 0 Å². The predicted octanol–water partition coefficient (Wildman–Crippen LogP) is 3.31. The van der Waals surface area contributed by atoms with Gasteiger partial charge in [-0.3, -0.25) is 5.32 Å². The van der Waals surface area contributed by atoms with Gasteiger partial charge in [0.25, 0.3) is 0 Å². The van der Waals surface area contributed by atoms with Gasteiger partial charge in [0, 0.05) is 5.56 Å². The van der Waals surface area contributed by atoms with Crippen LogP contribution in [0.3, 0.4) is 0 Å². The van der Waals surface area contributed by atoms with Crippen molar-refractivity contribution in [3.05, 3.63) is 59.7 Å². The molecular weight excluding hydrogens is 311 g/mol. The van der Waals surface area contributed by atoms with Crippen LogP contribution in [-0.2, 0) is 16.2 Å². The molecule has 1 atom stereocenters. The highest BCUT2D eigenvalue weighted by Crippen LogP contribution is 2.16. The minimum Gasteiger partial charge on any atom is -0.453 e. The van der Waals surface area contributed by atoms with E-state index in [0.29, 0.717) is 5.69 Å². The third kappa shape index (κ3) is 5.08. The fourth-order valence-corrected chi connectivity index (χ4v) is 2.10. The second-order valence-electron chi connectivity index (χ2n) is 4.85. The van der Waals surface area contributed by atoms with Crippen molar-refractivity contribution < 1.29 is 14.4 Å². The SMILES string of the molecule is COC(=O)Nc1ccccc1CO/N=C(\C)c1ccc(P)cc1. The van der Waals surface area contributed by atoms with Gasteiger partial charge in [0.2, 0.25) is 0 Å². The fourth-order valence-electron chi connectivity index (χ4n) is 1.90. The molecule has 0 bridgehead atoms. The topological polar surface area (TPSA) is 59.9 Å². The number of nitrogens with zero attached hydrogens (tertiary/aromatic N) is 1. The van der Waals surface area contributed by atoms with Crippen molar-refractivity contribution in [3.8, 4) is 0 Å². The van der Waals surface area contributed by atoms with E-state index in [9.17, 15) is 4.79 Å². The van der Waals surface area contributed by atoms with Gasteiger partial charge in [-0.1, -0.05) is 47.6 Å². The van der Waals surface area contributed by atoms with Crippen LogP contribution in [0, 0.1) is 0 Å². The first-order chi connectivity index (χ1) is 11.1. The van der Waals surface area contributed by atoms with Crippen LogP contribution in [0.4, 0.5) is 10.5 Å². The molecule has 0 heterocycles. The predicted molar refractivity (Wildman–Crippen MR) is 95.3 cm³/mol. The highest BCUT2D eigenvalue weighted by Gasteiger charge is 2.06. The van der Waals surface area contributed by atoms with Gasteiger partial charge >= 0.3 is 6.09 Å². The highest BCUT2D eigenvalue weighted by atomic mass is 31.0. The largest absolute Gasteiger partial charge is 0.453 e. The molecule has 0 saturated carbocycles. The summed E-state index contributed by atoms with van der Waals surface area (Å²) in [5.74, 6) is 0. The second-order valence-corrected chi connectivity index (χ2v) is 5.51. The Labute approximate surface area is 137 Å². The van der Waals surface area contributed by atoms with Crippen LogP contribution in [0.5, 0.6) is 0 Å². The summed E-state index contributed by atoms with van der Waals surface area (Å²) in [7, 11) is 3.96.